The molecule has 0 radical (unpaired) electrons. The number of aromatic carboxylic acids is 1. The normalized spacial score (nSPS) is 10.4. The quantitative estimate of drug-likeness (QED) is 0.776. The molecule has 7 nitrogen and oxygen atoms in total. The smallest absolute Gasteiger partial charge is 0.358 e. The van der Waals surface area contributed by atoms with Gasteiger partial charge in [0.1, 0.15) is 17.2 Å². The SMILES string of the molecule is COc1ccc(-c2c(C(=O)O)nnn2-c2ccc(OC)cc2)cc1. The van der Waals surface area contributed by atoms with E-state index in [1.165, 1.54) is 4.68 Å². The van der Waals surface area contributed by atoms with Crippen LogP contribution in [-0.2, 0) is 0 Å². The van der Waals surface area contributed by atoms with Crippen LogP contribution in [0.5, 0.6) is 11.5 Å². The Balaban J connectivity index is 2.14. The third kappa shape index (κ3) is 2.79. The lowest BCUT2D eigenvalue weighted by atomic mass is 10.1. The molecule has 3 aromatic rings. The van der Waals surface area contributed by atoms with E-state index < -0.39 is 5.97 Å². The molecule has 1 heterocycles. The number of aromatic nitrogens is 3. The van der Waals surface area contributed by atoms with Gasteiger partial charge in [0.2, 0.25) is 0 Å². The van der Waals surface area contributed by atoms with Crippen LogP contribution in [-0.4, -0.2) is 40.3 Å². The second kappa shape index (κ2) is 6.41. The van der Waals surface area contributed by atoms with Gasteiger partial charge in [-0.15, -0.1) is 5.10 Å². The molecular formula is C17H15N3O4. The van der Waals surface area contributed by atoms with Gasteiger partial charge < -0.3 is 14.6 Å². The molecular weight excluding hydrogens is 310 g/mol. The summed E-state index contributed by atoms with van der Waals surface area (Å²) in [6.07, 6.45) is 0. The minimum atomic E-state index is -1.14. The van der Waals surface area contributed by atoms with Crippen LogP contribution in [0.25, 0.3) is 16.9 Å². The van der Waals surface area contributed by atoms with Crippen molar-refractivity contribution in [3.63, 3.8) is 0 Å². The van der Waals surface area contributed by atoms with E-state index in [0.717, 1.165) is 0 Å². The maximum Gasteiger partial charge on any atom is 0.358 e. The maximum atomic E-state index is 11.5. The molecule has 24 heavy (non-hydrogen) atoms. The maximum absolute atomic E-state index is 11.5. The molecule has 0 spiro atoms. The van der Waals surface area contributed by atoms with E-state index in [0.29, 0.717) is 28.4 Å². The summed E-state index contributed by atoms with van der Waals surface area (Å²) in [4.78, 5) is 11.5. The van der Waals surface area contributed by atoms with Gasteiger partial charge in [-0.25, -0.2) is 9.48 Å². The minimum Gasteiger partial charge on any atom is -0.497 e. The molecule has 1 N–H and O–H groups in total. The lowest BCUT2D eigenvalue weighted by molar-refractivity contribution is 0.0691. The van der Waals surface area contributed by atoms with Gasteiger partial charge in [0, 0.05) is 5.56 Å². The molecule has 7 heteroatoms. The number of methoxy groups -OCH3 is 2. The summed E-state index contributed by atoms with van der Waals surface area (Å²) in [5.74, 6) is 0.239. The number of carbonyl (C=O) groups is 1. The number of carboxylic acids is 1. The van der Waals surface area contributed by atoms with E-state index in [1.807, 2.05) is 0 Å². The lowest BCUT2D eigenvalue weighted by Crippen LogP contribution is -2.03. The average molecular weight is 325 g/mol. The monoisotopic (exact) mass is 325 g/mol. The highest BCUT2D eigenvalue weighted by Crippen LogP contribution is 2.27. The van der Waals surface area contributed by atoms with Crippen LogP contribution in [0.2, 0.25) is 0 Å². The summed E-state index contributed by atoms with van der Waals surface area (Å²) in [6.45, 7) is 0. The second-order valence-electron chi connectivity index (χ2n) is 4.93. The number of carboxylic acid groups (broad SMARTS) is 1. The van der Waals surface area contributed by atoms with Crippen LogP contribution < -0.4 is 9.47 Å². The van der Waals surface area contributed by atoms with Crippen molar-refractivity contribution in [3.05, 3.63) is 54.2 Å². The Morgan fingerprint density at radius 3 is 2.00 bits per heavy atom. The minimum absolute atomic E-state index is 0.115. The van der Waals surface area contributed by atoms with E-state index in [2.05, 4.69) is 10.3 Å². The Bertz CT molecular complexity index is 855. The molecule has 0 aliphatic heterocycles. The van der Waals surface area contributed by atoms with E-state index in [4.69, 9.17) is 9.47 Å². The number of benzene rings is 2. The molecule has 0 saturated heterocycles. The van der Waals surface area contributed by atoms with Gasteiger partial charge in [0.15, 0.2) is 5.69 Å². The summed E-state index contributed by atoms with van der Waals surface area (Å²) in [7, 11) is 3.15. The fraction of sp³-hybridized carbons (Fsp3) is 0.118. The van der Waals surface area contributed by atoms with Crippen LogP contribution in [0.1, 0.15) is 10.5 Å². The Morgan fingerprint density at radius 2 is 1.50 bits per heavy atom. The van der Waals surface area contributed by atoms with Crippen molar-refractivity contribution in [2.45, 2.75) is 0 Å². The standard InChI is InChI=1S/C17H15N3O4/c1-23-13-7-3-11(4-8-13)16-15(17(21)22)18-19-20(16)12-5-9-14(24-2)10-6-12/h3-10H,1-2H3,(H,21,22). The van der Waals surface area contributed by atoms with Crippen molar-refractivity contribution in [1.29, 1.82) is 0 Å². The Kier molecular flexibility index (Phi) is 4.15. The molecule has 0 fully saturated rings. The topological polar surface area (TPSA) is 86.5 Å². The predicted octanol–water partition coefficient (Wildman–Crippen LogP) is 2.65. The molecule has 0 saturated carbocycles. The van der Waals surface area contributed by atoms with Gasteiger partial charge >= 0.3 is 5.97 Å². The molecule has 0 aliphatic rings. The third-order valence-corrected chi connectivity index (χ3v) is 3.55. The van der Waals surface area contributed by atoms with Crippen molar-refractivity contribution >= 4 is 5.97 Å². The summed E-state index contributed by atoms with van der Waals surface area (Å²) in [6, 6.07) is 14.2. The Hall–Kier alpha value is -3.35. The zero-order valence-corrected chi connectivity index (χ0v) is 13.1. The first-order chi connectivity index (χ1) is 11.6. The highest BCUT2D eigenvalue weighted by Gasteiger charge is 2.21. The fourth-order valence-electron chi connectivity index (χ4n) is 2.34. The summed E-state index contributed by atoms with van der Waals surface area (Å²) >= 11 is 0. The van der Waals surface area contributed by atoms with Crippen molar-refractivity contribution in [1.82, 2.24) is 15.0 Å². The molecule has 3 rings (SSSR count). The third-order valence-electron chi connectivity index (χ3n) is 3.55. The molecule has 0 atom stereocenters. The predicted molar refractivity (Wildman–Crippen MR) is 86.9 cm³/mol. The van der Waals surface area contributed by atoms with Crippen LogP contribution in [0.4, 0.5) is 0 Å². The molecule has 0 unspecified atom stereocenters. The summed E-state index contributed by atoms with van der Waals surface area (Å²) in [5.41, 5.74) is 1.64. The van der Waals surface area contributed by atoms with Crippen molar-refractivity contribution < 1.29 is 19.4 Å². The lowest BCUT2D eigenvalue weighted by Gasteiger charge is -2.09. The van der Waals surface area contributed by atoms with E-state index in [9.17, 15) is 9.90 Å². The van der Waals surface area contributed by atoms with Gasteiger partial charge in [-0.2, -0.15) is 0 Å². The number of nitrogens with zero attached hydrogens (tertiary/aromatic N) is 3. The van der Waals surface area contributed by atoms with E-state index in [1.54, 1.807) is 62.8 Å². The van der Waals surface area contributed by atoms with E-state index in [-0.39, 0.29) is 5.69 Å². The summed E-state index contributed by atoms with van der Waals surface area (Å²) < 4.78 is 11.8. The largest absolute Gasteiger partial charge is 0.497 e. The first-order valence-electron chi connectivity index (χ1n) is 7.12. The highest BCUT2D eigenvalue weighted by atomic mass is 16.5. The molecule has 0 aliphatic carbocycles. The van der Waals surface area contributed by atoms with Crippen LogP contribution >= 0.6 is 0 Å². The van der Waals surface area contributed by atoms with Gasteiger partial charge in [-0.1, -0.05) is 5.21 Å². The van der Waals surface area contributed by atoms with Crippen LogP contribution in [0, 0.1) is 0 Å². The van der Waals surface area contributed by atoms with Gasteiger partial charge in [-0.05, 0) is 48.5 Å². The Labute approximate surface area is 138 Å². The number of rotatable bonds is 5. The number of hydrogen-bond acceptors (Lipinski definition) is 5. The van der Waals surface area contributed by atoms with Gasteiger partial charge in [0.25, 0.3) is 0 Å². The van der Waals surface area contributed by atoms with Crippen molar-refractivity contribution in [2.24, 2.45) is 0 Å². The van der Waals surface area contributed by atoms with Crippen molar-refractivity contribution in [3.8, 4) is 28.4 Å². The zero-order chi connectivity index (χ0) is 17.1. The Morgan fingerprint density at radius 1 is 0.958 bits per heavy atom. The fourth-order valence-corrected chi connectivity index (χ4v) is 2.34. The second-order valence-corrected chi connectivity index (χ2v) is 4.93. The van der Waals surface area contributed by atoms with Gasteiger partial charge in [-0.3, -0.25) is 0 Å². The number of hydrogen-bond donors (Lipinski definition) is 1. The first kappa shape index (κ1) is 15.5. The van der Waals surface area contributed by atoms with Gasteiger partial charge in [0.05, 0.1) is 19.9 Å². The molecule has 122 valence electrons. The zero-order valence-electron chi connectivity index (χ0n) is 13.1. The molecule has 1 aromatic heterocycles. The van der Waals surface area contributed by atoms with Crippen LogP contribution in [0.3, 0.4) is 0 Å². The summed E-state index contributed by atoms with van der Waals surface area (Å²) in [5, 5.41) is 17.2. The highest BCUT2D eigenvalue weighted by molar-refractivity contribution is 5.93. The van der Waals surface area contributed by atoms with E-state index >= 15 is 0 Å². The molecule has 0 bridgehead atoms. The van der Waals surface area contributed by atoms with Crippen molar-refractivity contribution in [2.75, 3.05) is 14.2 Å². The average Bonchev–Trinajstić information content (AvgIpc) is 3.07. The molecule has 0 amide bonds. The van der Waals surface area contributed by atoms with Crippen LogP contribution in [0.15, 0.2) is 48.5 Å². The molecule has 2 aromatic carbocycles. The first-order valence-corrected chi connectivity index (χ1v) is 7.12. The number of ether oxygens (including phenoxy) is 2.